The van der Waals surface area contributed by atoms with Crippen LogP contribution in [0.25, 0.3) is 0 Å². The molecule has 4 nitrogen and oxygen atoms in total. The Hall–Kier alpha value is -2.20. The summed E-state index contributed by atoms with van der Waals surface area (Å²) in [5.74, 6) is 0.696. The van der Waals surface area contributed by atoms with E-state index in [0.717, 1.165) is 16.9 Å². The van der Waals surface area contributed by atoms with Gasteiger partial charge in [-0.15, -0.1) is 0 Å². The van der Waals surface area contributed by atoms with Gasteiger partial charge in [-0.1, -0.05) is 24.3 Å². The standard InChI is InChI=1S/C16H20N2O2/c1-3-20-15-10-6-9-14(16(15)17)18-13-8-5-4-7-12(13)11-19-2/h4-10,18H,3,11,17H2,1-2H3. The summed E-state index contributed by atoms with van der Waals surface area (Å²) in [5, 5.41) is 3.34. The van der Waals surface area contributed by atoms with Crippen LogP contribution in [-0.4, -0.2) is 13.7 Å². The Balaban J connectivity index is 2.28. The number of rotatable bonds is 6. The second-order valence-corrected chi connectivity index (χ2v) is 4.37. The molecule has 0 aliphatic rings. The van der Waals surface area contributed by atoms with Crippen molar-refractivity contribution in [1.82, 2.24) is 0 Å². The van der Waals surface area contributed by atoms with Crippen molar-refractivity contribution in [2.24, 2.45) is 0 Å². The van der Waals surface area contributed by atoms with Gasteiger partial charge in [0, 0.05) is 18.4 Å². The van der Waals surface area contributed by atoms with E-state index in [1.54, 1.807) is 7.11 Å². The molecule has 2 rings (SSSR count). The van der Waals surface area contributed by atoms with Gasteiger partial charge in [0.05, 0.1) is 24.6 Å². The minimum Gasteiger partial charge on any atom is -0.492 e. The lowest BCUT2D eigenvalue weighted by Gasteiger charge is -2.15. The van der Waals surface area contributed by atoms with E-state index < -0.39 is 0 Å². The fourth-order valence-corrected chi connectivity index (χ4v) is 2.00. The molecule has 0 aromatic heterocycles. The molecule has 106 valence electrons. The van der Waals surface area contributed by atoms with Gasteiger partial charge in [0.25, 0.3) is 0 Å². The zero-order valence-electron chi connectivity index (χ0n) is 11.8. The summed E-state index contributed by atoms with van der Waals surface area (Å²) in [6.45, 7) is 3.08. The Morgan fingerprint density at radius 1 is 1.05 bits per heavy atom. The molecule has 0 amide bonds. The zero-order chi connectivity index (χ0) is 14.4. The summed E-state index contributed by atoms with van der Waals surface area (Å²) in [6, 6.07) is 13.7. The van der Waals surface area contributed by atoms with Crippen LogP contribution in [0.3, 0.4) is 0 Å². The van der Waals surface area contributed by atoms with Crippen LogP contribution in [0.5, 0.6) is 5.75 Å². The van der Waals surface area contributed by atoms with E-state index in [4.69, 9.17) is 15.2 Å². The number of hydrogen-bond acceptors (Lipinski definition) is 4. The van der Waals surface area contributed by atoms with Crippen LogP contribution in [0.2, 0.25) is 0 Å². The van der Waals surface area contributed by atoms with Gasteiger partial charge < -0.3 is 20.5 Å². The maximum atomic E-state index is 6.12. The van der Waals surface area contributed by atoms with Gasteiger partial charge in [0.1, 0.15) is 5.75 Å². The van der Waals surface area contributed by atoms with E-state index in [9.17, 15) is 0 Å². The highest BCUT2D eigenvalue weighted by Crippen LogP contribution is 2.32. The molecular weight excluding hydrogens is 252 g/mol. The van der Waals surface area contributed by atoms with E-state index in [0.29, 0.717) is 24.7 Å². The van der Waals surface area contributed by atoms with Gasteiger partial charge in [0.15, 0.2) is 0 Å². The Labute approximate surface area is 119 Å². The molecule has 0 spiro atoms. The van der Waals surface area contributed by atoms with Crippen molar-refractivity contribution < 1.29 is 9.47 Å². The fourth-order valence-electron chi connectivity index (χ4n) is 2.00. The summed E-state index contributed by atoms with van der Waals surface area (Å²) < 4.78 is 10.7. The third-order valence-electron chi connectivity index (χ3n) is 2.95. The van der Waals surface area contributed by atoms with Crippen LogP contribution in [-0.2, 0) is 11.3 Å². The highest BCUT2D eigenvalue weighted by Gasteiger charge is 2.08. The Morgan fingerprint density at radius 2 is 1.80 bits per heavy atom. The highest BCUT2D eigenvalue weighted by atomic mass is 16.5. The normalized spacial score (nSPS) is 10.3. The first-order valence-electron chi connectivity index (χ1n) is 6.61. The van der Waals surface area contributed by atoms with Crippen molar-refractivity contribution in [3.8, 4) is 5.75 Å². The third-order valence-corrected chi connectivity index (χ3v) is 2.95. The number of para-hydroxylation sites is 2. The molecule has 0 aliphatic carbocycles. The monoisotopic (exact) mass is 272 g/mol. The molecular formula is C16H20N2O2. The zero-order valence-corrected chi connectivity index (χ0v) is 11.8. The summed E-state index contributed by atoms with van der Waals surface area (Å²) >= 11 is 0. The van der Waals surface area contributed by atoms with Crippen molar-refractivity contribution in [2.75, 3.05) is 24.8 Å². The maximum absolute atomic E-state index is 6.12. The van der Waals surface area contributed by atoms with E-state index in [1.165, 1.54) is 0 Å². The minimum absolute atomic E-state index is 0.550. The number of nitrogen functional groups attached to an aromatic ring is 1. The quantitative estimate of drug-likeness (QED) is 0.789. The minimum atomic E-state index is 0.550. The molecule has 20 heavy (non-hydrogen) atoms. The average Bonchev–Trinajstić information content (AvgIpc) is 2.46. The number of methoxy groups -OCH3 is 1. The van der Waals surface area contributed by atoms with Crippen LogP contribution in [0.4, 0.5) is 17.1 Å². The van der Waals surface area contributed by atoms with E-state index in [1.807, 2.05) is 49.4 Å². The summed E-state index contributed by atoms with van der Waals surface area (Å²) in [6.07, 6.45) is 0. The first kappa shape index (κ1) is 14.2. The lowest BCUT2D eigenvalue weighted by atomic mass is 10.1. The first-order chi connectivity index (χ1) is 9.76. The molecule has 3 N–H and O–H groups in total. The Kier molecular flexibility index (Phi) is 4.85. The van der Waals surface area contributed by atoms with E-state index in [-0.39, 0.29) is 0 Å². The molecule has 2 aromatic rings. The molecule has 0 bridgehead atoms. The molecule has 0 unspecified atom stereocenters. The lowest BCUT2D eigenvalue weighted by Crippen LogP contribution is -2.02. The van der Waals surface area contributed by atoms with Crippen molar-refractivity contribution in [1.29, 1.82) is 0 Å². The Morgan fingerprint density at radius 3 is 2.55 bits per heavy atom. The summed E-state index contributed by atoms with van der Waals surface area (Å²) in [4.78, 5) is 0. The van der Waals surface area contributed by atoms with Gasteiger partial charge >= 0.3 is 0 Å². The summed E-state index contributed by atoms with van der Waals surface area (Å²) in [5.41, 5.74) is 9.63. The van der Waals surface area contributed by atoms with E-state index in [2.05, 4.69) is 5.32 Å². The molecule has 0 saturated heterocycles. The smallest absolute Gasteiger partial charge is 0.144 e. The first-order valence-corrected chi connectivity index (χ1v) is 6.61. The number of nitrogens with two attached hydrogens (primary N) is 1. The number of benzene rings is 2. The summed E-state index contributed by atoms with van der Waals surface area (Å²) in [7, 11) is 1.68. The van der Waals surface area contributed by atoms with Crippen molar-refractivity contribution in [3.63, 3.8) is 0 Å². The molecule has 0 heterocycles. The molecule has 0 fully saturated rings. The van der Waals surface area contributed by atoms with Crippen molar-refractivity contribution in [2.45, 2.75) is 13.5 Å². The largest absolute Gasteiger partial charge is 0.492 e. The number of anilines is 3. The average molecular weight is 272 g/mol. The lowest BCUT2D eigenvalue weighted by molar-refractivity contribution is 0.185. The predicted octanol–water partition coefficient (Wildman–Crippen LogP) is 3.56. The van der Waals surface area contributed by atoms with Gasteiger partial charge in [0.2, 0.25) is 0 Å². The topological polar surface area (TPSA) is 56.5 Å². The van der Waals surface area contributed by atoms with Crippen molar-refractivity contribution in [3.05, 3.63) is 48.0 Å². The maximum Gasteiger partial charge on any atom is 0.144 e. The Bertz CT molecular complexity index is 570. The third kappa shape index (κ3) is 3.22. The molecule has 0 radical (unpaired) electrons. The molecule has 2 aromatic carbocycles. The van der Waals surface area contributed by atoms with Crippen molar-refractivity contribution >= 4 is 17.1 Å². The van der Waals surface area contributed by atoms with Crippen LogP contribution in [0.15, 0.2) is 42.5 Å². The molecule has 0 aliphatic heterocycles. The van der Waals surface area contributed by atoms with Crippen LogP contribution in [0.1, 0.15) is 12.5 Å². The van der Waals surface area contributed by atoms with Gasteiger partial charge in [-0.3, -0.25) is 0 Å². The second kappa shape index (κ2) is 6.82. The van der Waals surface area contributed by atoms with E-state index >= 15 is 0 Å². The fraction of sp³-hybridized carbons (Fsp3) is 0.250. The highest BCUT2D eigenvalue weighted by molar-refractivity contribution is 5.78. The van der Waals surface area contributed by atoms with Crippen LogP contribution in [0, 0.1) is 0 Å². The SMILES string of the molecule is CCOc1cccc(Nc2ccccc2COC)c1N. The molecule has 4 heteroatoms. The predicted molar refractivity (Wildman–Crippen MR) is 82.5 cm³/mol. The number of nitrogens with one attached hydrogen (secondary N) is 1. The van der Waals surface area contributed by atoms with Crippen LogP contribution >= 0.6 is 0 Å². The molecule has 0 saturated carbocycles. The van der Waals surface area contributed by atoms with Gasteiger partial charge in [-0.2, -0.15) is 0 Å². The van der Waals surface area contributed by atoms with Gasteiger partial charge in [-0.05, 0) is 25.1 Å². The number of hydrogen-bond donors (Lipinski definition) is 2. The molecule has 0 atom stereocenters. The van der Waals surface area contributed by atoms with Crippen LogP contribution < -0.4 is 15.8 Å². The van der Waals surface area contributed by atoms with Gasteiger partial charge in [-0.25, -0.2) is 0 Å². The number of ether oxygens (including phenoxy) is 2. The second-order valence-electron chi connectivity index (χ2n) is 4.37.